The lowest BCUT2D eigenvalue weighted by Gasteiger charge is -2.26. The summed E-state index contributed by atoms with van der Waals surface area (Å²) in [4.78, 5) is 48.4. The Bertz CT molecular complexity index is 539. The van der Waals surface area contributed by atoms with Crippen LogP contribution in [0.15, 0.2) is 0 Å². The minimum absolute atomic E-state index is 0.189. The number of ketones is 1. The minimum Gasteiger partial charge on any atom is -0.449 e. The first-order chi connectivity index (χ1) is 12.0. The van der Waals surface area contributed by atoms with E-state index in [0.29, 0.717) is 19.4 Å². The molecule has 0 bridgehead atoms. The van der Waals surface area contributed by atoms with Crippen molar-refractivity contribution in [3.05, 3.63) is 0 Å². The molecule has 2 unspecified atom stereocenters. The fourth-order valence-corrected chi connectivity index (χ4v) is 2.44. The summed E-state index contributed by atoms with van der Waals surface area (Å²) in [7, 11) is 0. The third-order valence-corrected chi connectivity index (χ3v) is 3.92. The molecule has 0 spiro atoms. The summed E-state index contributed by atoms with van der Waals surface area (Å²) in [5.41, 5.74) is -0.189. The van der Waals surface area contributed by atoms with Crippen LogP contribution in [0.1, 0.15) is 53.9 Å². The maximum Gasteiger partial charge on any atom is 0.407 e. The van der Waals surface area contributed by atoms with Crippen LogP contribution in [0.3, 0.4) is 0 Å². The zero-order valence-corrected chi connectivity index (χ0v) is 16.3. The molecule has 26 heavy (non-hydrogen) atoms. The summed E-state index contributed by atoms with van der Waals surface area (Å²) in [6.45, 7) is 10.0. The first-order valence-electron chi connectivity index (χ1n) is 9.07. The van der Waals surface area contributed by atoms with Crippen molar-refractivity contribution in [3.63, 3.8) is 0 Å². The molecule has 1 saturated heterocycles. The molecule has 0 aliphatic carbocycles. The zero-order chi connectivity index (χ0) is 19.9. The second-order valence-corrected chi connectivity index (χ2v) is 8.18. The number of nitrogens with one attached hydrogen (secondary N) is 3. The molecular weight excluding hydrogens is 338 g/mol. The summed E-state index contributed by atoms with van der Waals surface area (Å²) in [6.07, 6.45) is 1.17. The molecule has 2 atom stereocenters. The highest BCUT2D eigenvalue weighted by molar-refractivity contribution is 6.38. The number of hydrogen-bond donors (Lipinski definition) is 3. The molecule has 3 amide bonds. The van der Waals surface area contributed by atoms with Crippen LogP contribution < -0.4 is 16.0 Å². The van der Waals surface area contributed by atoms with Crippen molar-refractivity contribution in [2.75, 3.05) is 13.2 Å². The van der Waals surface area contributed by atoms with Crippen molar-refractivity contribution in [2.45, 2.75) is 66.0 Å². The Morgan fingerprint density at radius 3 is 2.46 bits per heavy atom. The van der Waals surface area contributed by atoms with Crippen molar-refractivity contribution in [3.8, 4) is 0 Å². The normalized spacial score (nSPS) is 19.8. The number of amides is 3. The first-order valence-corrected chi connectivity index (χ1v) is 9.07. The monoisotopic (exact) mass is 369 g/mol. The molecule has 0 aromatic rings. The second-order valence-electron chi connectivity index (χ2n) is 8.18. The van der Waals surface area contributed by atoms with Crippen LogP contribution >= 0.6 is 0 Å². The summed E-state index contributed by atoms with van der Waals surface area (Å²) >= 11 is 0. The molecule has 1 fully saturated rings. The Labute approximate surface area is 154 Å². The van der Waals surface area contributed by atoms with Gasteiger partial charge in [0.1, 0.15) is 6.04 Å². The lowest BCUT2D eigenvalue weighted by molar-refractivity contribution is -0.140. The topological polar surface area (TPSA) is 114 Å². The van der Waals surface area contributed by atoms with Gasteiger partial charge in [-0.3, -0.25) is 14.4 Å². The van der Waals surface area contributed by atoms with Gasteiger partial charge in [0.05, 0.1) is 12.6 Å². The lowest BCUT2D eigenvalue weighted by atomic mass is 9.99. The van der Waals surface area contributed by atoms with E-state index in [-0.39, 0.29) is 17.9 Å². The maximum atomic E-state index is 12.6. The zero-order valence-electron chi connectivity index (χ0n) is 16.3. The number of hydrogen-bond acceptors (Lipinski definition) is 5. The number of Topliss-reactive ketones (excluding diaryl/α,β-unsaturated/α-hetero) is 1. The van der Waals surface area contributed by atoms with E-state index in [0.717, 1.165) is 6.42 Å². The molecule has 1 aliphatic rings. The van der Waals surface area contributed by atoms with Gasteiger partial charge < -0.3 is 20.7 Å². The smallest absolute Gasteiger partial charge is 0.407 e. The molecule has 1 rings (SSSR count). The number of ether oxygens (including phenoxy) is 1. The average Bonchev–Trinajstić information content (AvgIpc) is 2.53. The fraction of sp³-hybridized carbons (Fsp3) is 0.778. The maximum absolute atomic E-state index is 12.6. The van der Waals surface area contributed by atoms with E-state index in [9.17, 15) is 19.2 Å². The van der Waals surface area contributed by atoms with Crippen LogP contribution in [0.25, 0.3) is 0 Å². The molecular formula is C18H31N3O5. The van der Waals surface area contributed by atoms with E-state index in [1.807, 2.05) is 20.8 Å². The van der Waals surface area contributed by atoms with E-state index in [1.54, 1.807) is 13.8 Å². The third kappa shape index (κ3) is 7.41. The molecule has 0 aromatic heterocycles. The predicted molar refractivity (Wildman–Crippen MR) is 96.4 cm³/mol. The highest BCUT2D eigenvalue weighted by atomic mass is 16.5. The minimum atomic E-state index is -0.878. The van der Waals surface area contributed by atoms with Crippen molar-refractivity contribution < 1.29 is 23.9 Å². The van der Waals surface area contributed by atoms with Crippen molar-refractivity contribution in [1.29, 1.82) is 0 Å². The first kappa shape index (κ1) is 21.9. The van der Waals surface area contributed by atoms with Gasteiger partial charge in [-0.2, -0.15) is 0 Å². The third-order valence-electron chi connectivity index (χ3n) is 3.92. The van der Waals surface area contributed by atoms with Crippen molar-refractivity contribution in [2.24, 2.45) is 11.3 Å². The highest BCUT2D eigenvalue weighted by Crippen LogP contribution is 2.13. The van der Waals surface area contributed by atoms with Crippen LogP contribution in [0, 0.1) is 11.3 Å². The molecule has 0 radical (unpaired) electrons. The van der Waals surface area contributed by atoms with Crippen LogP contribution in [0.4, 0.5) is 4.79 Å². The number of alkyl carbamates (subject to hydrolysis) is 1. The van der Waals surface area contributed by atoms with Crippen LogP contribution in [0.2, 0.25) is 0 Å². The van der Waals surface area contributed by atoms with Crippen LogP contribution in [0.5, 0.6) is 0 Å². The van der Waals surface area contributed by atoms with Gasteiger partial charge >= 0.3 is 6.09 Å². The molecule has 0 saturated carbocycles. The predicted octanol–water partition coefficient (Wildman–Crippen LogP) is 1.14. The largest absolute Gasteiger partial charge is 0.449 e. The van der Waals surface area contributed by atoms with Crippen molar-refractivity contribution in [1.82, 2.24) is 16.0 Å². The van der Waals surface area contributed by atoms with E-state index in [4.69, 9.17) is 4.74 Å². The Kier molecular flexibility index (Phi) is 8.05. The van der Waals surface area contributed by atoms with E-state index >= 15 is 0 Å². The van der Waals surface area contributed by atoms with Gasteiger partial charge in [0.25, 0.3) is 5.91 Å². The van der Waals surface area contributed by atoms with E-state index < -0.39 is 35.8 Å². The van der Waals surface area contributed by atoms with E-state index in [1.165, 1.54) is 0 Å². The van der Waals surface area contributed by atoms with Gasteiger partial charge in [-0.25, -0.2) is 4.79 Å². The second kappa shape index (κ2) is 9.54. The summed E-state index contributed by atoms with van der Waals surface area (Å²) in [6, 6.07) is -1.74. The quantitative estimate of drug-likeness (QED) is 0.629. The SMILES string of the molecule is CC(C)C(NC(=O)OCC(C)(C)C)C(=O)NC1CCCCNC(=O)C1=O. The summed E-state index contributed by atoms with van der Waals surface area (Å²) in [5.74, 6) is -2.06. The van der Waals surface area contributed by atoms with Gasteiger partial charge in [-0.05, 0) is 30.6 Å². The molecule has 1 heterocycles. The van der Waals surface area contributed by atoms with Crippen LogP contribution in [-0.4, -0.2) is 48.9 Å². The summed E-state index contributed by atoms with van der Waals surface area (Å²) in [5, 5.41) is 7.68. The Balaban J connectivity index is 2.70. The average molecular weight is 369 g/mol. The highest BCUT2D eigenvalue weighted by Gasteiger charge is 2.32. The van der Waals surface area contributed by atoms with Gasteiger partial charge in [0, 0.05) is 6.54 Å². The lowest BCUT2D eigenvalue weighted by Crippen LogP contribution is -2.56. The Hall–Kier alpha value is -2.12. The fourth-order valence-electron chi connectivity index (χ4n) is 2.44. The summed E-state index contributed by atoms with van der Waals surface area (Å²) < 4.78 is 5.14. The molecule has 3 N–H and O–H groups in total. The van der Waals surface area contributed by atoms with Crippen molar-refractivity contribution >= 4 is 23.7 Å². The number of carbonyl (C=O) groups excluding carboxylic acids is 4. The van der Waals surface area contributed by atoms with Gasteiger partial charge in [0.15, 0.2) is 0 Å². The Morgan fingerprint density at radius 2 is 1.88 bits per heavy atom. The van der Waals surface area contributed by atoms with Gasteiger partial charge in [-0.1, -0.05) is 34.6 Å². The van der Waals surface area contributed by atoms with Gasteiger partial charge in [0.2, 0.25) is 11.7 Å². The number of carbonyl (C=O) groups is 4. The van der Waals surface area contributed by atoms with Crippen LogP contribution in [-0.2, 0) is 19.1 Å². The van der Waals surface area contributed by atoms with Gasteiger partial charge in [-0.15, -0.1) is 0 Å². The molecule has 148 valence electrons. The Morgan fingerprint density at radius 1 is 1.23 bits per heavy atom. The van der Waals surface area contributed by atoms with E-state index in [2.05, 4.69) is 16.0 Å². The standard InChI is InChI=1S/C18H31N3O5/c1-11(2)13(21-17(25)26-10-18(3,4)5)15(23)20-12-8-6-7-9-19-16(24)14(12)22/h11-13H,6-10H2,1-5H3,(H,19,24)(H,20,23)(H,21,25). The molecule has 8 nitrogen and oxygen atoms in total. The molecule has 8 heteroatoms. The molecule has 1 aliphatic heterocycles. The number of rotatable bonds is 5. The molecule has 0 aromatic carbocycles.